The molecule has 0 unspecified atom stereocenters. The van der Waals surface area contributed by atoms with E-state index in [9.17, 15) is 9.59 Å². The summed E-state index contributed by atoms with van der Waals surface area (Å²) < 4.78 is 24.1. The number of carbonyl (C=O) groups is 2. The Balaban J connectivity index is 0.000000239. The van der Waals surface area contributed by atoms with E-state index in [-0.39, 0.29) is 30.5 Å². The molecule has 1 saturated heterocycles. The molecule has 2 amide bonds. The van der Waals surface area contributed by atoms with Gasteiger partial charge in [0.15, 0.2) is 0 Å². The minimum atomic E-state index is -0.465. The van der Waals surface area contributed by atoms with Gasteiger partial charge >= 0.3 is 19.3 Å². The Bertz CT molecular complexity index is 1590. The second-order valence-electron chi connectivity index (χ2n) is 18.0. The summed E-state index contributed by atoms with van der Waals surface area (Å²) in [5, 5.41) is 0. The van der Waals surface area contributed by atoms with E-state index >= 15 is 0 Å². The zero-order chi connectivity index (χ0) is 41.7. The highest BCUT2D eigenvalue weighted by molar-refractivity contribution is 9.10. The van der Waals surface area contributed by atoms with Gasteiger partial charge in [0.25, 0.3) is 0 Å². The van der Waals surface area contributed by atoms with Crippen molar-refractivity contribution in [2.45, 2.75) is 157 Å². The molecule has 10 heteroatoms. The van der Waals surface area contributed by atoms with Gasteiger partial charge in [0.05, 0.1) is 11.2 Å². The quantitative estimate of drug-likeness (QED) is 0.247. The van der Waals surface area contributed by atoms with Crippen molar-refractivity contribution in [1.82, 2.24) is 9.80 Å². The Labute approximate surface area is 348 Å². The van der Waals surface area contributed by atoms with Gasteiger partial charge in [-0.1, -0.05) is 91.2 Å². The molecule has 8 nitrogen and oxygen atoms in total. The lowest BCUT2D eigenvalue weighted by molar-refractivity contribution is 0.00578. The molecule has 1 fully saturated rings. The molecule has 0 N–H and O–H groups in total. The van der Waals surface area contributed by atoms with Gasteiger partial charge in [0, 0.05) is 30.7 Å². The minimum Gasteiger partial charge on any atom is -0.444 e. The monoisotopic (exact) mass is 836 g/mol. The van der Waals surface area contributed by atoms with Crippen LogP contribution in [0.3, 0.4) is 0 Å². The SMILES string of the molecule is CC(C)(C)OC(=O)N1CC=C(B2OC(C)(C)C(C)(C)O2)CC1.CCCCc1ccc(Br)cc1.CCCCc1ccc(C2=CCN(C(=O)OC(C)(C)C)CC2)cc1. The predicted octanol–water partition coefficient (Wildman–Crippen LogP) is 12.0. The number of hydrogen-bond acceptors (Lipinski definition) is 6. The highest BCUT2D eigenvalue weighted by atomic mass is 79.9. The Morgan fingerprint density at radius 3 is 1.50 bits per heavy atom. The van der Waals surface area contributed by atoms with E-state index in [4.69, 9.17) is 18.8 Å². The molecule has 3 aliphatic rings. The molecule has 2 aromatic rings. The zero-order valence-electron chi connectivity index (χ0n) is 36.6. The van der Waals surface area contributed by atoms with Crippen molar-refractivity contribution in [3.63, 3.8) is 0 Å². The molecule has 56 heavy (non-hydrogen) atoms. The number of aryl methyl sites for hydroxylation is 2. The molecule has 0 saturated carbocycles. The third-order valence-electron chi connectivity index (χ3n) is 10.2. The van der Waals surface area contributed by atoms with Crippen molar-refractivity contribution < 1.29 is 28.4 Å². The topological polar surface area (TPSA) is 77.5 Å². The summed E-state index contributed by atoms with van der Waals surface area (Å²) in [4.78, 5) is 27.6. The van der Waals surface area contributed by atoms with Crippen molar-refractivity contribution in [3.8, 4) is 0 Å². The largest absolute Gasteiger partial charge is 0.490 e. The Morgan fingerprint density at radius 1 is 0.696 bits per heavy atom. The fourth-order valence-corrected chi connectivity index (χ4v) is 6.37. The average Bonchev–Trinajstić information content (AvgIpc) is 3.35. The number of amides is 2. The normalized spacial score (nSPS) is 17.8. The fraction of sp³-hybridized carbons (Fsp3) is 0.609. The van der Waals surface area contributed by atoms with Crippen molar-refractivity contribution in [3.05, 3.63) is 87.3 Å². The maximum Gasteiger partial charge on any atom is 0.490 e. The van der Waals surface area contributed by atoms with Crippen LogP contribution in [0.5, 0.6) is 0 Å². The Kier molecular flexibility index (Phi) is 17.8. The summed E-state index contributed by atoms with van der Waals surface area (Å²) in [6, 6.07) is 17.4. The molecule has 0 aromatic heterocycles. The lowest BCUT2D eigenvalue weighted by Crippen LogP contribution is -2.41. The number of nitrogens with zero attached hydrogens (tertiary/aromatic N) is 2. The molecule has 5 rings (SSSR count). The van der Waals surface area contributed by atoms with Crippen LogP contribution in [-0.2, 0) is 31.6 Å². The van der Waals surface area contributed by atoms with Gasteiger partial charge in [-0.3, -0.25) is 0 Å². The summed E-state index contributed by atoms with van der Waals surface area (Å²) in [6.45, 7) is 26.5. The maximum absolute atomic E-state index is 12.1. The van der Waals surface area contributed by atoms with Gasteiger partial charge in [-0.15, -0.1) is 0 Å². The number of hydrogen-bond donors (Lipinski definition) is 0. The Morgan fingerprint density at radius 2 is 1.12 bits per heavy atom. The molecule has 3 heterocycles. The van der Waals surface area contributed by atoms with Crippen LogP contribution in [0.2, 0.25) is 0 Å². The second kappa shape index (κ2) is 21.1. The van der Waals surface area contributed by atoms with Crippen molar-refractivity contribution in [2.75, 3.05) is 26.2 Å². The molecule has 0 atom stereocenters. The molecule has 3 aliphatic heterocycles. The van der Waals surface area contributed by atoms with Gasteiger partial charge in [-0.2, -0.15) is 0 Å². The van der Waals surface area contributed by atoms with Crippen LogP contribution in [-0.4, -0.2) is 77.7 Å². The molecular weight excluding hydrogens is 767 g/mol. The molecule has 0 radical (unpaired) electrons. The number of ether oxygens (including phenoxy) is 2. The van der Waals surface area contributed by atoms with Gasteiger partial charge < -0.3 is 28.6 Å². The first-order chi connectivity index (χ1) is 26.1. The van der Waals surface area contributed by atoms with E-state index in [0.29, 0.717) is 19.6 Å². The van der Waals surface area contributed by atoms with E-state index in [1.54, 1.807) is 9.80 Å². The van der Waals surface area contributed by atoms with Crippen LogP contribution in [0.1, 0.15) is 138 Å². The third-order valence-corrected chi connectivity index (χ3v) is 10.7. The lowest BCUT2D eigenvalue weighted by atomic mass is 9.75. The first kappa shape index (κ1) is 47.3. The molecule has 2 aromatic carbocycles. The molecule has 310 valence electrons. The van der Waals surface area contributed by atoms with E-state index < -0.39 is 11.2 Å². The lowest BCUT2D eigenvalue weighted by Gasteiger charge is -2.32. The standard InChI is InChI=1S/C20H29NO2.C16H28BNO4.C10H13Br/c1-5-6-7-16-8-10-17(11-9-16)18-12-14-21(15-13-18)19(22)23-20(2,3)4;1-14(2,3)20-13(19)18-10-8-12(9-11-18)17-21-15(4,5)16(6,7)22-17;1-2-3-4-9-5-7-10(11)8-6-9/h8-12H,5-7,13-15H2,1-4H3;8H,9-11H2,1-7H3;5-8H,2-4H2,1H3. The zero-order valence-corrected chi connectivity index (χ0v) is 38.1. The molecule has 0 aliphatic carbocycles. The van der Waals surface area contributed by atoms with Crippen LogP contribution in [0.4, 0.5) is 9.59 Å². The van der Waals surface area contributed by atoms with Crippen LogP contribution >= 0.6 is 15.9 Å². The maximum atomic E-state index is 12.1. The predicted molar refractivity (Wildman–Crippen MR) is 235 cm³/mol. The smallest absolute Gasteiger partial charge is 0.444 e. The first-order valence-corrected chi connectivity index (χ1v) is 21.5. The second-order valence-corrected chi connectivity index (χ2v) is 18.9. The molecular formula is C46H70BBrN2O6. The number of carbonyl (C=O) groups excluding carboxylic acids is 2. The van der Waals surface area contributed by atoms with E-state index in [2.05, 4.69) is 84.4 Å². The van der Waals surface area contributed by atoms with Gasteiger partial charge in [0.1, 0.15) is 11.2 Å². The van der Waals surface area contributed by atoms with Crippen molar-refractivity contribution in [2.24, 2.45) is 0 Å². The molecule has 0 bridgehead atoms. The summed E-state index contributed by atoms with van der Waals surface area (Å²) in [5.74, 6) is 0. The van der Waals surface area contributed by atoms with Crippen LogP contribution < -0.4 is 0 Å². The van der Waals surface area contributed by atoms with E-state index in [1.807, 2.05) is 75.3 Å². The summed E-state index contributed by atoms with van der Waals surface area (Å²) in [7, 11) is -0.314. The Hall–Kier alpha value is -3.08. The minimum absolute atomic E-state index is 0.220. The van der Waals surface area contributed by atoms with Crippen LogP contribution in [0.15, 0.2) is 70.6 Å². The third kappa shape index (κ3) is 15.7. The van der Waals surface area contributed by atoms with Crippen LogP contribution in [0, 0.1) is 0 Å². The van der Waals surface area contributed by atoms with Gasteiger partial charge in [-0.25, -0.2) is 9.59 Å². The van der Waals surface area contributed by atoms with Crippen LogP contribution in [0.25, 0.3) is 5.57 Å². The summed E-state index contributed by atoms with van der Waals surface area (Å²) in [6.07, 6.45) is 12.7. The summed E-state index contributed by atoms with van der Waals surface area (Å²) in [5.41, 5.74) is 4.99. The summed E-state index contributed by atoms with van der Waals surface area (Å²) >= 11 is 3.41. The van der Waals surface area contributed by atoms with Crippen molar-refractivity contribution in [1.29, 1.82) is 0 Å². The number of rotatable bonds is 8. The van der Waals surface area contributed by atoms with E-state index in [0.717, 1.165) is 35.8 Å². The number of unbranched alkanes of at least 4 members (excludes halogenated alkanes) is 2. The van der Waals surface area contributed by atoms with Crippen molar-refractivity contribution >= 4 is 40.8 Å². The highest BCUT2D eigenvalue weighted by Gasteiger charge is 2.52. The highest BCUT2D eigenvalue weighted by Crippen LogP contribution is 2.39. The molecule has 0 spiro atoms. The number of benzene rings is 2. The average molecular weight is 838 g/mol. The van der Waals surface area contributed by atoms with Gasteiger partial charge in [0.2, 0.25) is 0 Å². The first-order valence-electron chi connectivity index (χ1n) is 20.7. The number of halogens is 1. The fourth-order valence-electron chi connectivity index (χ4n) is 6.11. The van der Waals surface area contributed by atoms with Gasteiger partial charge in [-0.05, 0) is 148 Å². The van der Waals surface area contributed by atoms with E-state index in [1.165, 1.54) is 54.4 Å².